The molecule has 0 aromatic carbocycles. The van der Waals surface area contributed by atoms with Crippen LogP contribution in [0.3, 0.4) is 0 Å². The van der Waals surface area contributed by atoms with Crippen LogP contribution in [0, 0.1) is 0 Å². The summed E-state index contributed by atoms with van der Waals surface area (Å²) < 4.78 is 38.4. The van der Waals surface area contributed by atoms with Gasteiger partial charge in [0.2, 0.25) is 0 Å². The van der Waals surface area contributed by atoms with E-state index >= 15 is 0 Å². The highest BCUT2D eigenvalue weighted by Crippen LogP contribution is 2.34. The van der Waals surface area contributed by atoms with E-state index < -0.39 is 11.7 Å². The molecular formula is C19H29ClF3IN6. The quantitative estimate of drug-likeness (QED) is 0.328. The van der Waals surface area contributed by atoms with Gasteiger partial charge in [0.1, 0.15) is 5.82 Å². The smallest absolute Gasteiger partial charge is 0.355 e. The van der Waals surface area contributed by atoms with E-state index in [1.165, 1.54) is 12.8 Å². The number of pyridine rings is 1. The van der Waals surface area contributed by atoms with Crippen molar-refractivity contribution >= 4 is 47.4 Å². The highest BCUT2D eigenvalue weighted by atomic mass is 127. The van der Waals surface area contributed by atoms with Crippen molar-refractivity contribution < 1.29 is 13.2 Å². The molecule has 2 atom stereocenters. The fraction of sp³-hybridized carbons (Fsp3) is 0.684. The van der Waals surface area contributed by atoms with Crippen molar-refractivity contribution in [2.75, 3.05) is 44.7 Å². The summed E-state index contributed by atoms with van der Waals surface area (Å²) in [6, 6.07) is 1.58. The molecule has 2 aliphatic rings. The van der Waals surface area contributed by atoms with Gasteiger partial charge in [-0.15, -0.1) is 24.0 Å². The monoisotopic (exact) mass is 560 g/mol. The van der Waals surface area contributed by atoms with Crippen molar-refractivity contribution in [1.82, 2.24) is 20.5 Å². The van der Waals surface area contributed by atoms with Gasteiger partial charge in [-0.1, -0.05) is 18.5 Å². The van der Waals surface area contributed by atoms with E-state index in [1.54, 1.807) is 7.05 Å². The number of nitrogens with zero attached hydrogens (tertiary/aromatic N) is 4. The van der Waals surface area contributed by atoms with Gasteiger partial charge in [0, 0.05) is 45.0 Å². The number of likely N-dealkylation sites (N-methyl/N-ethyl adjacent to an activating group) is 1. The molecule has 0 radical (unpaired) electrons. The Morgan fingerprint density at radius 1 is 1.33 bits per heavy atom. The number of aromatic nitrogens is 1. The summed E-state index contributed by atoms with van der Waals surface area (Å²) in [5.41, 5.74) is -0.835. The van der Waals surface area contributed by atoms with E-state index in [4.69, 9.17) is 11.6 Å². The van der Waals surface area contributed by atoms with Crippen LogP contribution in [0.25, 0.3) is 0 Å². The molecule has 2 aliphatic heterocycles. The zero-order valence-corrected chi connectivity index (χ0v) is 20.3. The number of rotatable bonds is 5. The van der Waals surface area contributed by atoms with Crippen LogP contribution in [0.1, 0.15) is 31.7 Å². The maximum absolute atomic E-state index is 12.8. The minimum atomic E-state index is -4.45. The highest BCUT2D eigenvalue weighted by Gasteiger charge is 2.33. The lowest BCUT2D eigenvalue weighted by Gasteiger charge is -2.25. The van der Waals surface area contributed by atoms with Gasteiger partial charge in [-0.2, -0.15) is 13.2 Å². The van der Waals surface area contributed by atoms with Gasteiger partial charge in [0.15, 0.2) is 5.96 Å². The minimum absolute atomic E-state index is 0. The Labute approximate surface area is 197 Å². The molecule has 6 nitrogen and oxygen atoms in total. The SMILES string of the molecule is CCN1CCCC1CNC(=NC)NC1CCN(c2ncc(C(F)(F)F)cc2Cl)C1.I. The predicted molar refractivity (Wildman–Crippen MR) is 125 cm³/mol. The lowest BCUT2D eigenvalue weighted by Crippen LogP contribution is -2.48. The summed E-state index contributed by atoms with van der Waals surface area (Å²) in [7, 11) is 1.74. The maximum Gasteiger partial charge on any atom is 0.417 e. The molecule has 2 fully saturated rings. The van der Waals surface area contributed by atoms with Gasteiger partial charge < -0.3 is 15.5 Å². The Balaban J connectivity index is 0.00000320. The molecule has 2 unspecified atom stereocenters. The van der Waals surface area contributed by atoms with Crippen molar-refractivity contribution in [1.29, 1.82) is 0 Å². The number of anilines is 1. The van der Waals surface area contributed by atoms with Gasteiger partial charge in [-0.25, -0.2) is 4.98 Å². The Kier molecular flexibility index (Phi) is 9.29. The van der Waals surface area contributed by atoms with E-state index in [9.17, 15) is 13.2 Å². The molecule has 0 bridgehead atoms. The van der Waals surface area contributed by atoms with Gasteiger partial charge in [0.25, 0.3) is 0 Å². The minimum Gasteiger partial charge on any atom is -0.355 e. The first-order valence-corrected chi connectivity index (χ1v) is 10.4. The van der Waals surface area contributed by atoms with Crippen molar-refractivity contribution in [3.63, 3.8) is 0 Å². The van der Waals surface area contributed by atoms with Gasteiger partial charge >= 0.3 is 6.18 Å². The number of hydrogen-bond donors (Lipinski definition) is 2. The summed E-state index contributed by atoms with van der Waals surface area (Å²) in [6.07, 6.45) is -0.374. The summed E-state index contributed by atoms with van der Waals surface area (Å²) in [6.45, 7) is 6.49. The maximum atomic E-state index is 12.8. The van der Waals surface area contributed by atoms with E-state index in [0.717, 1.165) is 44.3 Å². The molecular weight excluding hydrogens is 532 g/mol. The van der Waals surface area contributed by atoms with Crippen LogP contribution in [-0.4, -0.2) is 67.7 Å². The Hall–Kier alpha value is -1.01. The molecule has 1 aromatic heterocycles. The summed E-state index contributed by atoms with van der Waals surface area (Å²) >= 11 is 6.08. The van der Waals surface area contributed by atoms with Gasteiger partial charge in [0.05, 0.1) is 10.6 Å². The standard InChI is InChI=1S/C19H28ClF3N6.HI/c1-3-28-7-4-5-15(28)11-26-18(24-2)27-14-6-8-29(12-14)17-16(20)9-13(10-25-17)19(21,22)23;/h9-10,14-15H,3-8,11-12H2,1-2H3,(H2,24,26,27);1H. The Bertz CT molecular complexity index is 733. The summed E-state index contributed by atoms with van der Waals surface area (Å²) in [4.78, 5) is 12.6. The molecule has 0 spiro atoms. The van der Waals surface area contributed by atoms with Crippen molar-refractivity contribution in [3.8, 4) is 0 Å². The summed E-state index contributed by atoms with van der Waals surface area (Å²) in [5.74, 6) is 1.13. The number of likely N-dealkylation sites (tertiary alicyclic amines) is 1. The zero-order valence-electron chi connectivity index (χ0n) is 17.2. The van der Waals surface area contributed by atoms with Crippen molar-refractivity contribution in [2.45, 2.75) is 44.4 Å². The number of hydrogen-bond acceptors (Lipinski definition) is 4. The van der Waals surface area contributed by atoms with Crippen LogP contribution in [0.15, 0.2) is 17.3 Å². The fourth-order valence-electron chi connectivity index (χ4n) is 4.03. The molecule has 0 aliphatic carbocycles. The fourth-order valence-corrected chi connectivity index (χ4v) is 4.32. The normalized spacial score (nSPS) is 22.9. The first kappa shape index (κ1) is 25.3. The summed E-state index contributed by atoms with van der Waals surface area (Å²) in [5, 5.41) is 6.83. The second-order valence-electron chi connectivity index (χ2n) is 7.48. The molecule has 3 heterocycles. The van der Waals surface area contributed by atoms with Crippen LogP contribution < -0.4 is 15.5 Å². The van der Waals surface area contributed by atoms with E-state index in [0.29, 0.717) is 24.9 Å². The average Bonchev–Trinajstić information content (AvgIpc) is 3.33. The molecule has 30 heavy (non-hydrogen) atoms. The van der Waals surface area contributed by atoms with Crippen LogP contribution >= 0.6 is 35.6 Å². The second-order valence-corrected chi connectivity index (χ2v) is 7.89. The molecule has 2 saturated heterocycles. The molecule has 11 heteroatoms. The Morgan fingerprint density at radius 3 is 2.73 bits per heavy atom. The molecule has 170 valence electrons. The van der Waals surface area contributed by atoms with Crippen LogP contribution in [0.5, 0.6) is 0 Å². The van der Waals surface area contributed by atoms with Crippen LogP contribution in [0.2, 0.25) is 5.02 Å². The average molecular weight is 561 g/mol. The predicted octanol–water partition coefficient (Wildman–Crippen LogP) is 3.60. The number of alkyl halides is 3. The molecule has 3 rings (SSSR count). The molecule has 1 aromatic rings. The van der Waals surface area contributed by atoms with Crippen molar-refractivity contribution in [3.05, 3.63) is 22.8 Å². The van der Waals surface area contributed by atoms with Crippen molar-refractivity contribution in [2.24, 2.45) is 4.99 Å². The zero-order chi connectivity index (χ0) is 21.0. The first-order chi connectivity index (χ1) is 13.8. The van der Waals surface area contributed by atoms with E-state index in [2.05, 4.69) is 32.4 Å². The molecule has 2 N–H and O–H groups in total. The number of nitrogens with one attached hydrogen (secondary N) is 2. The first-order valence-electron chi connectivity index (χ1n) is 10.0. The number of guanidine groups is 1. The largest absolute Gasteiger partial charge is 0.417 e. The van der Waals surface area contributed by atoms with E-state index in [1.807, 2.05) is 4.90 Å². The number of halogens is 5. The topological polar surface area (TPSA) is 55.8 Å². The third-order valence-corrected chi connectivity index (χ3v) is 5.89. The third kappa shape index (κ3) is 6.25. The van der Waals surface area contributed by atoms with Gasteiger partial charge in [-0.05, 0) is 38.4 Å². The molecule has 0 saturated carbocycles. The Morgan fingerprint density at radius 2 is 2.10 bits per heavy atom. The van der Waals surface area contributed by atoms with E-state index in [-0.39, 0.29) is 35.0 Å². The number of aliphatic imine (C=N–C) groups is 1. The van der Waals surface area contributed by atoms with Crippen LogP contribution in [-0.2, 0) is 6.18 Å². The lowest BCUT2D eigenvalue weighted by atomic mass is 10.2. The van der Waals surface area contributed by atoms with Crippen LogP contribution in [0.4, 0.5) is 19.0 Å². The second kappa shape index (κ2) is 11.0. The third-order valence-electron chi connectivity index (χ3n) is 5.61. The molecule has 0 amide bonds. The highest BCUT2D eigenvalue weighted by molar-refractivity contribution is 14.0. The lowest BCUT2D eigenvalue weighted by molar-refractivity contribution is -0.137. The van der Waals surface area contributed by atoms with Gasteiger partial charge in [-0.3, -0.25) is 9.89 Å².